The molecule has 20 heavy (non-hydrogen) atoms. The van der Waals surface area contributed by atoms with Crippen LogP contribution in [0.25, 0.3) is 11.3 Å². The van der Waals surface area contributed by atoms with E-state index in [-0.39, 0.29) is 5.69 Å². The molecule has 0 radical (unpaired) electrons. The minimum absolute atomic E-state index is 0.0441. The predicted octanol–water partition coefficient (Wildman–Crippen LogP) is 2.70. The number of aromatic carboxylic acids is 1. The fourth-order valence-electron chi connectivity index (χ4n) is 1.89. The number of nitrogens with one attached hydrogen (secondary N) is 1. The molecule has 2 aromatic rings. The minimum atomic E-state index is -1.11. The Kier molecular flexibility index (Phi) is 3.14. The maximum absolute atomic E-state index is 13.4. The maximum atomic E-state index is 13.4. The highest BCUT2D eigenvalue weighted by atomic mass is 19.1. The standard InChI is InChI=1S/C14H13FN2O3/c15-9-3-4-13(20-7-8-1-2-8)10(5-9)11-6-12(14(18)19)17-16-11/h3-6,8H,1-2,7H2,(H,16,17)(H,18,19). The van der Waals surface area contributed by atoms with Crippen molar-refractivity contribution >= 4 is 5.97 Å². The molecule has 1 aliphatic carbocycles. The summed E-state index contributed by atoms with van der Waals surface area (Å²) >= 11 is 0. The van der Waals surface area contributed by atoms with Gasteiger partial charge >= 0.3 is 5.97 Å². The van der Waals surface area contributed by atoms with Crippen molar-refractivity contribution in [2.45, 2.75) is 12.8 Å². The van der Waals surface area contributed by atoms with Crippen LogP contribution in [-0.4, -0.2) is 27.9 Å². The Morgan fingerprint density at radius 3 is 2.90 bits per heavy atom. The van der Waals surface area contributed by atoms with E-state index in [0.717, 1.165) is 12.8 Å². The molecule has 5 nitrogen and oxygen atoms in total. The summed E-state index contributed by atoms with van der Waals surface area (Å²) < 4.78 is 19.1. The largest absolute Gasteiger partial charge is 0.493 e. The average molecular weight is 276 g/mol. The second-order valence-electron chi connectivity index (χ2n) is 4.87. The van der Waals surface area contributed by atoms with Crippen LogP contribution in [0, 0.1) is 11.7 Å². The van der Waals surface area contributed by atoms with E-state index < -0.39 is 11.8 Å². The molecular weight excluding hydrogens is 263 g/mol. The van der Waals surface area contributed by atoms with Crippen LogP contribution in [0.2, 0.25) is 0 Å². The number of carboxylic acid groups (broad SMARTS) is 1. The number of hydrogen-bond donors (Lipinski definition) is 2. The number of carbonyl (C=O) groups is 1. The normalized spacial score (nSPS) is 14.2. The Morgan fingerprint density at radius 1 is 1.45 bits per heavy atom. The average Bonchev–Trinajstić information content (AvgIpc) is 3.11. The lowest BCUT2D eigenvalue weighted by atomic mass is 10.1. The van der Waals surface area contributed by atoms with Gasteiger partial charge in [0, 0.05) is 5.56 Å². The number of nitrogens with zero attached hydrogens (tertiary/aromatic N) is 1. The molecule has 1 fully saturated rings. The molecule has 1 aromatic carbocycles. The van der Waals surface area contributed by atoms with E-state index >= 15 is 0 Å². The lowest BCUT2D eigenvalue weighted by Crippen LogP contribution is -2.00. The van der Waals surface area contributed by atoms with Gasteiger partial charge in [0.05, 0.1) is 12.3 Å². The molecule has 1 aromatic heterocycles. The highest BCUT2D eigenvalue weighted by molar-refractivity contribution is 5.87. The van der Waals surface area contributed by atoms with Gasteiger partial charge in [0.25, 0.3) is 0 Å². The first-order valence-corrected chi connectivity index (χ1v) is 6.35. The second-order valence-corrected chi connectivity index (χ2v) is 4.87. The zero-order valence-corrected chi connectivity index (χ0v) is 10.6. The van der Waals surface area contributed by atoms with Crippen molar-refractivity contribution < 1.29 is 19.0 Å². The van der Waals surface area contributed by atoms with Crippen LogP contribution in [0.15, 0.2) is 24.3 Å². The Morgan fingerprint density at radius 2 is 2.25 bits per heavy atom. The van der Waals surface area contributed by atoms with Crippen LogP contribution in [0.1, 0.15) is 23.3 Å². The van der Waals surface area contributed by atoms with Gasteiger partial charge in [-0.05, 0) is 43.0 Å². The molecule has 0 bridgehead atoms. The molecular formula is C14H13FN2O3. The van der Waals surface area contributed by atoms with Crippen molar-refractivity contribution in [2.24, 2.45) is 5.92 Å². The fourth-order valence-corrected chi connectivity index (χ4v) is 1.89. The molecule has 104 valence electrons. The van der Waals surface area contributed by atoms with Crippen molar-refractivity contribution in [2.75, 3.05) is 6.61 Å². The van der Waals surface area contributed by atoms with Crippen molar-refractivity contribution in [1.82, 2.24) is 10.2 Å². The fraction of sp³-hybridized carbons (Fsp3) is 0.286. The van der Waals surface area contributed by atoms with Crippen LogP contribution in [0.5, 0.6) is 5.75 Å². The third-order valence-electron chi connectivity index (χ3n) is 3.20. The quantitative estimate of drug-likeness (QED) is 0.880. The molecule has 1 aliphatic rings. The summed E-state index contributed by atoms with van der Waals surface area (Å²) in [5, 5.41) is 15.2. The minimum Gasteiger partial charge on any atom is -0.493 e. The first kappa shape index (κ1) is 12.7. The summed E-state index contributed by atoms with van der Waals surface area (Å²) in [6, 6.07) is 5.52. The molecule has 0 unspecified atom stereocenters. The highest BCUT2D eigenvalue weighted by Crippen LogP contribution is 2.33. The number of hydrogen-bond acceptors (Lipinski definition) is 3. The number of carboxylic acids is 1. The van der Waals surface area contributed by atoms with Gasteiger partial charge in [-0.2, -0.15) is 5.10 Å². The molecule has 3 rings (SSSR count). The van der Waals surface area contributed by atoms with Crippen LogP contribution in [0.4, 0.5) is 4.39 Å². The van der Waals surface area contributed by atoms with Gasteiger partial charge < -0.3 is 9.84 Å². The van der Waals surface area contributed by atoms with Gasteiger partial charge in [0.2, 0.25) is 0 Å². The molecule has 2 N–H and O–H groups in total. The zero-order valence-electron chi connectivity index (χ0n) is 10.6. The molecule has 1 heterocycles. The van der Waals surface area contributed by atoms with E-state index in [1.807, 2.05) is 0 Å². The summed E-state index contributed by atoms with van der Waals surface area (Å²) in [6.45, 7) is 0.592. The molecule has 0 saturated heterocycles. The van der Waals surface area contributed by atoms with Crippen LogP contribution >= 0.6 is 0 Å². The number of rotatable bonds is 5. The first-order valence-electron chi connectivity index (χ1n) is 6.35. The van der Waals surface area contributed by atoms with E-state index in [0.29, 0.717) is 29.5 Å². The molecule has 6 heteroatoms. The SMILES string of the molecule is O=C(O)c1cc(-c2cc(F)ccc2OCC2CC2)n[nH]1. The Balaban J connectivity index is 1.91. The number of aromatic nitrogens is 2. The van der Waals surface area contributed by atoms with E-state index in [1.165, 1.54) is 18.2 Å². The molecule has 0 aliphatic heterocycles. The molecule has 0 atom stereocenters. The maximum Gasteiger partial charge on any atom is 0.353 e. The van der Waals surface area contributed by atoms with E-state index in [1.54, 1.807) is 6.07 Å². The summed E-state index contributed by atoms with van der Waals surface area (Å²) in [5.41, 5.74) is 0.763. The van der Waals surface area contributed by atoms with Gasteiger partial charge in [-0.1, -0.05) is 0 Å². The zero-order chi connectivity index (χ0) is 14.1. The number of ether oxygens (including phenoxy) is 1. The van der Waals surface area contributed by atoms with Crippen LogP contribution in [-0.2, 0) is 0 Å². The van der Waals surface area contributed by atoms with Crippen molar-refractivity contribution in [3.05, 3.63) is 35.8 Å². The van der Waals surface area contributed by atoms with Gasteiger partial charge in [0.1, 0.15) is 17.3 Å². The lowest BCUT2D eigenvalue weighted by Gasteiger charge is -2.09. The third-order valence-corrected chi connectivity index (χ3v) is 3.20. The molecule has 0 spiro atoms. The smallest absolute Gasteiger partial charge is 0.353 e. The summed E-state index contributed by atoms with van der Waals surface area (Å²) in [7, 11) is 0. The van der Waals surface area contributed by atoms with Crippen molar-refractivity contribution in [1.29, 1.82) is 0 Å². The van der Waals surface area contributed by atoms with Gasteiger partial charge in [-0.3, -0.25) is 5.10 Å². The van der Waals surface area contributed by atoms with E-state index in [2.05, 4.69) is 10.2 Å². The van der Waals surface area contributed by atoms with Crippen LogP contribution < -0.4 is 4.74 Å². The molecule has 0 amide bonds. The van der Waals surface area contributed by atoms with Gasteiger partial charge in [-0.15, -0.1) is 0 Å². The summed E-state index contributed by atoms with van der Waals surface area (Å²) in [6.07, 6.45) is 2.31. The van der Waals surface area contributed by atoms with Crippen molar-refractivity contribution in [3.8, 4) is 17.0 Å². The summed E-state index contributed by atoms with van der Waals surface area (Å²) in [5.74, 6) is -0.442. The lowest BCUT2D eigenvalue weighted by molar-refractivity contribution is 0.0690. The highest BCUT2D eigenvalue weighted by Gasteiger charge is 2.23. The third kappa shape index (κ3) is 2.64. The van der Waals surface area contributed by atoms with Gasteiger partial charge in [-0.25, -0.2) is 9.18 Å². The van der Waals surface area contributed by atoms with Gasteiger partial charge in [0.15, 0.2) is 0 Å². The first-order chi connectivity index (χ1) is 9.63. The van der Waals surface area contributed by atoms with Crippen molar-refractivity contribution in [3.63, 3.8) is 0 Å². The topological polar surface area (TPSA) is 75.2 Å². The predicted molar refractivity (Wildman–Crippen MR) is 69.2 cm³/mol. The van der Waals surface area contributed by atoms with E-state index in [9.17, 15) is 9.18 Å². The number of benzene rings is 1. The number of aromatic amines is 1. The van der Waals surface area contributed by atoms with E-state index in [4.69, 9.17) is 9.84 Å². The second kappa shape index (κ2) is 4.96. The molecule has 1 saturated carbocycles. The summed E-state index contributed by atoms with van der Waals surface area (Å²) in [4.78, 5) is 10.8. The van der Waals surface area contributed by atoms with Crippen LogP contribution in [0.3, 0.4) is 0 Å². The Bertz CT molecular complexity index is 650. The number of halogens is 1. The monoisotopic (exact) mass is 276 g/mol. The number of H-pyrrole nitrogens is 1. The Labute approximate surface area is 114 Å². The Hall–Kier alpha value is -2.37.